The highest BCUT2D eigenvalue weighted by molar-refractivity contribution is 4.99. The predicted octanol–water partition coefficient (Wildman–Crippen LogP) is 1.35. The van der Waals surface area contributed by atoms with Gasteiger partial charge in [-0.15, -0.1) is 0 Å². The zero-order valence-corrected chi connectivity index (χ0v) is 10.2. The molecule has 0 aliphatic carbocycles. The first-order valence-corrected chi connectivity index (χ1v) is 6.07. The van der Waals surface area contributed by atoms with E-state index in [9.17, 15) is 0 Å². The van der Waals surface area contributed by atoms with E-state index in [0.717, 1.165) is 32.5 Å². The molecule has 17 heavy (non-hydrogen) atoms. The molecule has 0 saturated heterocycles. The Morgan fingerprint density at radius 2 is 2.29 bits per heavy atom. The fourth-order valence-electron chi connectivity index (χ4n) is 1.80. The van der Waals surface area contributed by atoms with E-state index >= 15 is 0 Å². The van der Waals surface area contributed by atoms with Gasteiger partial charge in [0.2, 0.25) is 0 Å². The highest BCUT2D eigenvalue weighted by Gasteiger charge is 2.00. The Morgan fingerprint density at radius 1 is 1.35 bits per heavy atom. The molecule has 0 amide bonds. The first-order chi connectivity index (χ1) is 8.40. The molecule has 0 spiro atoms. The molecule has 2 N–H and O–H groups in total. The highest BCUT2D eigenvalue weighted by Crippen LogP contribution is 2.00. The number of hydrogen-bond acceptors (Lipinski definition) is 3. The lowest BCUT2D eigenvalue weighted by Gasteiger charge is -2.07. The molecule has 0 aromatic carbocycles. The molecule has 92 valence electrons. The molecule has 0 aliphatic heterocycles. The summed E-state index contributed by atoms with van der Waals surface area (Å²) >= 11 is 0. The van der Waals surface area contributed by atoms with Crippen LogP contribution in [0.1, 0.15) is 24.7 Å². The Balaban J connectivity index is 1.72. The van der Waals surface area contributed by atoms with Crippen molar-refractivity contribution in [2.45, 2.75) is 32.9 Å². The van der Waals surface area contributed by atoms with E-state index in [0.29, 0.717) is 0 Å². The van der Waals surface area contributed by atoms with Crippen molar-refractivity contribution in [3.05, 3.63) is 36.4 Å². The summed E-state index contributed by atoms with van der Waals surface area (Å²) in [6.45, 7) is 5.03. The molecule has 2 heterocycles. The van der Waals surface area contributed by atoms with Crippen LogP contribution in [0.4, 0.5) is 0 Å². The average Bonchev–Trinajstić information content (AvgIpc) is 2.96. The summed E-state index contributed by atoms with van der Waals surface area (Å²) in [5.41, 5.74) is 2.41. The lowest BCUT2D eigenvalue weighted by molar-refractivity contribution is 0.600. The molecular weight excluding hydrogens is 214 g/mol. The summed E-state index contributed by atoms with van der Waals surface area (Å²) in [5.74, 6) is 0. The van der Waals surface area contributed by atoms with Crippen molar-refractivity contribution in [2.75, 3.05) is 6.54 Å². The quantitative estimate of drug-likeness (QED) is 0.710. The number of rotatable bonds is 7. The fourth-order valence-corrected chi connectivity index (χ4v) is 1.80. The molecule has 0 unspecified atom stereocenters. The minimum atomic E-state index is 0.869. The topological polar surface area (TPSA) is 58.5 Å². The number of aryl methyl sites for hydroxylation is 1. The van der Waals surface area contributed by atoms with Crippen molar-refractivity contribution in [3.8, 4) is 0 Å². The summed E-state index contributed by atoms with van der Waals surface area (Å²) < 4.78 is 2.20. The van der Waals surface area contributed by atoms with Gasteiger partial charge in [0.05, 0.1) is 18.3 Å². The van der Waals surface area contributed by atoms with Crippen LogP contribution in [0.3, 0.4) is 0 Å². The lowest BCUT2D eigenvalue weighted by Crippen LogP contribution is -2.19. The third kappa shape index (κ3) is 3.42. The lowest BCUT2D eigenvalue weighted by atomic mass is 10.3. The van der Waals surface area contributed by atoms with Crippen LogP contribution < -0.4 is 5.32 Å². The van der Waals surface area contributed by atoms with Crippen molar-refractivity contribution in [3.63, 3.8) is 0 Å². The van der Waals surface area contributed by atoms with Crippen LogP contribution in [0.2, 0.25) is 0 Å². The van der Waals surface area contributed by atoms with Gasteiger partial charge in [0.25, 0.3) is 0 Å². The van der Waals surface area contributed by atoms with Crippen LogP contribution in [0, 0.1) is 0 Å². The van der Waals surface area contributed by atoms with E-state index in [4.69, 9.17) is 0 Å². The third-order valence-electron chi connectivity index (χ3n) is 2.70. The number of nitrogens with zero attached hydrogens (tertiary/aromatic N) is 3. The zero-order valence-electron chi connectivity index (χ0n) is 10.2. The number of nitrogens with one attached hydrogen (secondary N) is 2. The second-order valence-electron chi connectivity index (χ2n) is 4.08. The normalized spacial score (nSPS) is 10.9. The van der Waals surface area contributed by atoms with Crippen molar-refractivity contribution in [1.29, 1.82) is 0 Å². The second-order valence-corrected chi connectivity index (χ2v) is 4.08. The zero-order chi connectivity index (χ0) is 11.9. The van der Waals surface area contributed by atoms with E-state index in [-0.39, 0.29) is 0 Å². The van der Waals surface area contributed by atoms with Gasteiger partial charge in [0.1, 0.15) is 0 Å². The van der Waals surface area contributed by atoms with Gasteiger partial charge in [-0.2, -0.15) is 0 Å². The molecule has 0 aliphatic rings. The first kappa shape index (κ1) is 11.9. The molecule has 0 bridgehead atoms. The van der Waals surface area contributed by atoms with Crippen LogP contribution in [-0.2, 0) is 19.5 Å². The van der Waals surface area contributed by atoms with E-state index in [1.165, 1.54) is 11.4 Å². The monoisotopic (exact) mass is 233 g/mol. The Labute approximate surface area is 101 Å². The van der Waals surface area contributed by atoms with Crippen LogP contribution >= 0.6 is 0 Å². The Kier molecular flexibility index (Phi) is 4.32. The number of imidazole rings is 2. The van der Waals surface area contributed by atoms with Gasteiger partial charge in [-0.05, 0) is 6.42 Å². The molecule has 5 heteroatoms. The molecule has 2 aromatic heterocycles. The Morgan fingerprint density at radius 3 is 3.06 bits per heavy atom. The fraction of sp³-hybridized carbons (Fsp3) is 0.500. The van der Waals surface area contributed by atoms with Gasteiger partial charge < -0.3 is 14.9 Å². The minimum Gasteiger partial charge on any atom is -0.348 e. The standard InChI is InChI=1S/C12H19N5/c1-2-5-17-10-15-8-12(17)7-13-4-3-11-6-14-9-16-11/h6,8-10,13H,2-5,7H2,1H3,(H,14,16). The van der Waals surface area contributed by atoms with Gasteiger partial charge in [-0.3, -0.25) is 0 Å². The summed E-state index contributed by atoms with van der Waals surface area (Å²) in [6, 6.07) is 0. The smallest absolute Gasteiger partial charge is 0.0948 e. The van der Waals surface area contributed by atoms with E-state index in [2.05, 4.69) is 31.8 Å². The van der Waals surface area contributed by atoms with Gasteiger partial charge in [-0.1, -0.05) is 6.92 Å². The van der Waals surface area contributed by atoms with Gasteiger partial charge in [0, 0.05) is 44.1 Å². The van der Waals surface area contributed by atoms with Crippen LogP contribution in [0.5, 0.6) is 0 Å². The van der Waals surface area contributed by atoms with E-state index < -0.39 is 0 Å². The minimum absolute atomic E-state index is 0.869. The molecule has 2 aromatic rings. The first-order valence-electron chi connectivity index (χ1n) is 6.07. The average molecular weight is 233 g/mol. The third-order valence-corrected chi connectivity index (χ3v) is 2.70. The van der Waals surface area contributed by atoms with Crippen molar-refractivity contribution < 1.29 is 0 Å². The molecule has 0 atom stereocenters. The van der Waals surface area contributed by atoms with E-state index in [1.807, 2.05) is 18.7 Å². The van der Waals surface area contributed by atoms with Crippen molar-refractivity contribution in [2.24, 2.45) is 0 Å². The van der Waals surface area contributed by atoms with Crippen molar-refractivity contribution >= 4 is 0 Å². The summed E-state index contributed by atoms with van der Waals surface area (Å²) in [4.78, 5) is 11.3. The number of aromatic nitrogens is 4. The maximum Gasteiger partial charge on any atom is 0.0948 e. The summed E-state index contributed by atoms with van der Waals surface area (Å²) in [5, 5.41) is 3.42. The van der Waals surface area contributed by atoms with E-state index in [1.54, 1.807) is 6.33 Å². The summed E-state index contributed by atoms with van der Waals surface area (Å²) in [7, 11) is 0. The molecular formula is C12H19N5. The number of aromatic amines is 1. The predicted molar refractivity (Wildman–Crippen MR) is 66.5 cm³/mol. The van der Waals surface area contributed by atoms with Crippen molar-refractivity contribution in [1.82, 2.24) is 24.8 Å². The molecule has 5 nitrogen and oxygen atoms in total. The van der Waals surface area contributed by atoms with Crippen LogP contribution in [0.15, 0.2) is 25.0 Å². The second kappa shape index (κ2) is 6.20. The molecule has 0 fully saturated rings. The largest absolute Gasteiger partial charge is 0.348 e. The highest BCUT2D eigenvalue weighted by atomic mass is 15.1. The van der Waals surface area contributed by atoms with Crippen LogP contribution in [0.25, 0.3) is 0 Å². The Hall–Kier alpha value is -1.62. The maximum absolute atomic E-state index is 4.18. The summed E-state index contributed by atoms with van der Waals surface area (Å²) in [6.07, 6.45) is 9.52. The van der Waals surface area contributed by atoms with Crippen LogP contribution in [-0.4, -0.2) is 26.1 Å². The number of H-pyrrole nitrogens is 1. The molecule has 0 saturated carbocycles. The SMILES string of the molecule is CCCn1cncc1CNCCc1cnc[nH]1. The van der Waals surface area contributed by atoms with Gasteiger partial charge in [0.15, 0.2) is 0 Å². The Bertz CT molecular complexity index is 418. The maximum atomic E-state index is 4.18. The number of hydrogen-bond donors (Lipinski definition) is 2. The molecule has 0 radical (unpaired) electrons. The molecule has 2 rings (SSSR count). The van der Waals surface area contributed by atoms with Gasteiger partial charge >= 0.3 is 0 Å². The van der Waals surface area contributed by atoms with Gasteiger partial charge in [-0.25, -0.2) is 9.97 Å².